The minimum Gasteiger partial charge on any atom is -0.374 e. The number of rotatable bonds is 6. The van der Waals surface area contributed by atoms with Crippen LogP contribution in [0, 0.1) is 0 Å². The van der Waals surface area contributed by atoms with Gasteiger partial charge in [0, 0.05) is 49.8 Å². The summed E-state index contributed by atoms with van der Waals surface area (Å²) in [5.41, 5.74) is 3.24. The number of urea groups is 1. The van der Waals surface area contributed by atoms with Crippen molar-refractivity contribution in [1.82, 2.24) is 20.5 Å². The lowest BCUT2D eigenvalue weighted by Crippen LogP contribution is -2.48. The average molecular weight is 447 g/mol. The molecule has 1 fully saturated rings. The fraction of sp³-hybridized carbons (Fsp3) is 0.318. The highest BCUT2D eigenvalue weighted by Crippen LogP contribution is 2.23. The minimum absolute atomic E-state index is 0.0552. The highest BCUT2D eigenvalue weighted by Gasteiger charge is 2.21. The summed E-state index contributed by atoms with van der Waals surface area (Å²) < 4.78 is 5.81. The van der Waals surface area contributed by atoms with E-state index in [9.17, 15) is 4.79 Å². The lowest BCUT2D eigenvalue weighted by atomic mass is 10.1. The summed E-state index contributed by atoms with van der Waals surface area (Å²) in [5.74, 6) is 0. The number of hydrogen-bond donors (Lipinski definition) is 3. The number of halogens is 2. The summed E-state index contributed by atoms with van der Waals surface area (Å²) in [6.45, 7) is 3.90. The molecule has 2 heterocycles. The Morgan fingerprint density at radius 2 is 2.07 bits per heavy atom. The van der Waals surface area contributed by atoms with E-state index in [0.29, 0.717) is 29.7 Å². The van der Waals surface area contributed by atoms with Crippen molar-refractivity contribution in [3.05, 3.63) is 69.8 Å². The van der Waals surface area contributed by atoms with Crippen LogP contribution in [-0.2, 0) is 17.8 Å². The molecule has 1 aliphatic heterocycles. The Kier molecular flexibility index (Phi) is 6.79. The molecule has 158 valence electrons. The third kappa shape index (κ3) is 5.26. The first-order valence-electron chi connectivity index (χ1n) is 9.93. The molecule has 1 atom stereocenters. The Morgan fingerprint density at radius 3 is 2.93 bits per heavy atom. The number of morpholine rings is 1. The van der Waals surface area contributed by atoms with Crippen LogP contribution in [0.25, 0.3) is 10.9 Å². The second-order valence-electron chi connectivity index (χ2n) is 7.40. The number of benzene rings is 2. The smallest absolute Gasteiger partial charge is 0.315 e. The fourth-order valence-corrected chi connectivity index (χ4v) is 4.01. The molecule has 4 rings (SSSR count). The number of aromatic nitrogens is 1. The van der Waals surface area contributed by atoms with Gasteiger partial charge in [-0.2, -0.15) is 0 Å². The molecule has 3 aromatic rings. The largest absolute Gasteiger partial charge is 0.374 e. The third-order valence-corrected chi connectivity index (χ3v) is 5.97. The molecule has 0 aliphatic carbocycles. The summed E-state index contributed by atoms with van der Waals surface area (Å²) in [6, 6.07) is 13.5. The maximum absolute atomic E-state index is 12.2. The SMILES string of the molecule is O=C(NCc1cccc2[nH]ccc12)NCC1CN(Cc2ccc(Cl)c(Cl)c2)CCO1. The Morgan fingerprint density at radius 1 is 1.17 bits per heavy atom. The van der Waals surface area contributed by atoms with Crippen molar-refractivity contribution in [2.45, 2.75) is 19.2 Å². The van der Waals surface area contributed by atoms with Crippen LogP contribution in [0.4, 0.5) is 4.79 Å². The summed E-state index contributed by atoms with van der Waals surface area (Å²) >= 11 is 12.1. The first kappa shape index (κ1) is 21.0. The summed E-state index contributed by atoms with van der Waals surface area (Å²) in [5, 5.41) is 8.08. The topological polar surface area (TPSA) is 69.4 Å². The van der Waals surface area contributed by atoms with E-state index >= 15 is 0 Å². The van der Waals surface area contributed by atoms with Crippen LogP contribution in [0.15, 0.2) is 48.7 Å². The van der Waals surface area contributed by atoms with Gasteiger partial charge in [0.05, 0.1) is 22.8 Å². The molecule has 0 saturated carbocycles. The summed E-state index contributed by atoms with van der Waals surface area (Å²) in [6.07, 6.45) is 1.85. The second kappa shape index (κ2) is 9.71. The molecule has 2 amide bonds. The molecule has 3 N–H and O–H groups in total. The zero-order valence-corrected chi connectivity index (χ0v) is 18.0. The van der Waals surface area contributed by atoms with Crippen LogP contribution < -0.4 is 10.6 Å². The Balaban J connectivity index is 1.23. The van der Waals surface area contributed by atoms with Crippen molar-refractivity contribution in [3.63, 3.8) is 0 Å². The van der Waals surface area contributed by atoms with E-state index in [-0.39, 0.29) is 12.1 Å². The van der Waals surface area contributed by atoms with Gasteiger partial charge < -0.3 is 20.4 Å². The van der Waals surface area contributed by atoms with Crippen molar-refractivity contribution in [3.8, 4) is 0 Å². The highest BCUT2D eigenvalue weighted by molar-refractivity contribution is 6.42. The molecule has 8 heteroatoms. The number of nitrogens with zero attached hydrogens (tertiary/aromatic N) is 1. The van der Waals surface area contributed by atoms with Gasteiger partial charge in [0.25, 0.3) is 0 Å². The van der Waals surface area contributed by atoms with Crippen LogP contribution in [0.1, 0.15) is 11.1 Å². The summed E-state index contributed by atoms with van der Waals surface area (Å²) in [4.78, 5) is 17.7. The van der Waals surface area contributed by atoms with E-state index in [4.69, 9.17) is 27.9 Å². The van der Waals surface area contributed by atoms with Gasteiger partial charge in [-0.15, -0.1) is 0 Å². The molecule has 0 bridgehead atoms. The van der Waals surface area contributed by atoms with Crippen molar-refractivity contribution < 1.29 is 9.53 Å². The number of fused-ring (bicyclic) bond motifs is 1. The number of ether oxygens (including phenoxy) is 1. The predicted molar refractivity (Wildman–Crippen MR) is 120 cm³/mol. The number of carbonyl (C=O) groups excluding carboxylic acids is 1. The predicted octanol–water partition coefficient (Wildman–Crippen LogP) is 4.17. The number of amides is 2. The number of carbonyl (C=O) groups is 1. The number of hydrogen-bond acceptors (Lipinski definition) is 3. The maximum atomic E-state index is 12.2. The van der Waals surface area contributed by atoms with Crippen molar-refractivity contribution in [2.75, 3.05) is 26.2 Å². The first-order valence-corrected chi connectivity index (χ1v) is 10.7. The normalized spacial score (nSPS) is 17.2. The number of nitrogens with one attached hydrogen (secondary N) is 3. The average Bonchev–Trinajstić information content (AvgIpc) is 3.23. The lowest BCUT2D eigenvalue weighted by Gasteiger charge is -2.33. The molecule has 1 aliphatic rings. The zero-order chi connectivity index (χ0) is 20.9. The van der Waals surface area contributed by atoms with Gasteiger partial charge in [0.2, 0.25) is 0 Å². The van der Waals surface area contributed by atoms with E-state index in [2.05, 4.69) is 20.5 Å². The quantitative estimate of drug-likeness (QED) is 0.531. The minimum atomic E-state index is -0.201. The highest BCUT2D eigenvalue weighted by atomic mass is 35.5. The molecule has 1 saturated heterocycles. The van der Waals surface area contributed by atoms with Gasteiger partial charge in [-0.05, 0) is 35.4 Å². The first-order chi connectivity index (χ1) is 14.6. The van der Waals surface area contributed by atoms with E-state index in [1.165, 1.54) is 0 Å². The molecular formula is C22H24Cl2N4O2. The lowest BCUT2D eigenvalue weighted by molar-refractivity contribution is -0.0287. The van der Waals surface area contributed by atoms with Gasteiger partial charge in [-0.1, -0.05) is 41.4 Å². The molecule has 1 unspecified atom stereocenters. The molecular weight excluding hydrogens is 423 g/mol. The Bertz CT molecular complexity index is 1020. The second-order valence-corrected chi connectivity index (χ2v) is 8.21. The standard InChI is InChI=1S/C22H24Cl2N4O2/c23-19-5-4-15(10-20(19)24)13-28-8-9-30-17(14-28)12-27-22(29)26-11-16-2-1-3-21-18(16)6-7-25-21/h1-7,10,17,25H,8-9,11-14H2,(H2,26,27,29). The van der Waals surface area contributed by atoms with Gasteiger partial charge >= 0.3 is 6.03 Å². The van der Waals surface area contributed by atoms with E-state index in [1.807, 2.05) is 48.7 Å². The van der Waals surface area contributed by atoms with Crippen LogP contribution in [0.5, 0.6) is 0 Å². The van der Waals surface area contributed by atoms with Crippen LogP contribution in [-0.4, -0.2) is 48.3 Å². The van der Waals surface area contributed by atoms with Crippen LogP contribution in [0.3, 0.4) is 0 Å². The third-order valence-electron chi connectivity index (χ3n) is 5.23. The molecule has 0 spiro atoms. The fourth-order valence-electron chi connectivity index (χ4n) is 3.69. The maximum Gasteiger partial charge on any atom is 0.315 e. The van der Waals surface area contributed by atoms with E-state index in [0.717, 1.165) is 41.7 Å². The van der Waals surface area contributed by atoms with E-state index in [1.54, 1.807) is 0 Å². The van der Waals surface area contributed by atoms with Crippen LogP contribution >= 0.6 is 23.2 Å². The monoisotopic (exact) mass is 446 g/mol. The molecule has 6 nitrogen and oxygen atoms in total. The molecule has 2 aromatic carbocycles. The van der Waals surface area contributed by atoms with Gasteiger partial charge in [0.15, 0.2) is 0 Å². The van der Waals surface area contributed by atoms with Gasteiger partial charge in [-0.3, -0.25) is 4.90 Å². The molecule has 1 aromatic heterocycles. The Labute approximate surface area is 185 Å². The van der Waals surface area contributed by atoms with Gasteiger partial charge in [-0.25, -0.2) is 4.79 Å². The van der Waals surface area contributed by atoms with Crippen LogP contribution in [0.2, 0.25) is 10.0 Å². The van der Waals surface area contributed by atoms with E-state index < -0.39 is 0 Å². The van der Waals surface area contributed by atoms with Crippen molar-refractivity contribution >= 4 is 40.1 Å². The Hall–Kier alpha value is -2.25. The number of H-pyrrole nitrogens is 1. The van der Waals surface area contributed by atoms with Crippen molar-refractivity contribution in [1.29, 1.82) is 0 Å². The van der Waals surface area contributed by atoms with Gasteiger partial charge in [0.1, 0.15) is 0 Å². The summed E-state index contributed by atoms with van der Waals surface area (Å²) in [7, 11) is 0. The number of aromatic amines is 1. The zero-order valence-electron chi connectivity index (χ0n) is 16.5. The van der Waals surface area contributed by atoms with Crippen molar-refractivity contribution in [2.24, 2.45) is 0 Å². The molecule has 0 radical (unpaired) electrons. The molecule has 30 heavy (non-hydrogen) atoms.